The Hall–Kier alpha value is -2.00. The number of nitrogen functional groups attached to an aromatic ring is 1. The van der Waals surface area contributed by atoms with Gasteiger partial charge in [0.15, 0.2) is 0 Å². The first kappa shape index (κ1) is 13.0. The van der Waals surface area contributed by atoms with Gasteiger partial charge in [0.05, 0.1) is 0 Å². The Morgan fingerprint density at radius 2 is 1.60 bits per heavy atom. The summed E-state index contributed by atoms with van der Waals surface area (Å²) >= 11 is 3.60. The molecule has 0 saturated carbocycles. The molecule has 0 saturated heterocycles. The fraction of sp³-hybridized carbons (Fsp3) is 0.0588. The predicted octanol–water partition coefficient (Wildman–Crippen LogP) is 5.24. The van der Waals surface area contributed by atoms with Gasteiger partial charge in [-0.15, -0.1) is 0 Å². The Morgan fingerprint density at radius 1 is 0.900 bits per heavy atom. The molecule has 0 bridgehead atoms. The van der Waals surface area contributed by atoms with Crippen LogP contribution in [0.3, 0.4) is 0 Å². The van der Waals surface area contributed by atoms with E-state index < -0.39 is 0 Å². The van der Waals surface area contributed by atoms with E-state index in [9.17, 15) is 0 Å². The highest BCUT2D eigenvalue weighted by Crippen LogP contribution is 2.32. The second kappa shape index (κ2) is 5.17. The summed E-state index contributed by atoms with van der Waals surface area (Å²) in [5, 5.41) is 5.89. The molecule has 0 atom stereocenters. The minimum Gasteiger partial charge on any atom is -0.399 e. The predicted molar refractivity (Wildman–Crippen MR) is 90.5 cm³/mol. The number of hydrogen-bond acceptors (Lipinski definition) is 2. The van der Waals surface area contributed by atoms with Gasteiger partial charge in [0.25, 0.3) is 0 Å². The first-order valence-electron chi connectivity index (χ1n) is 6.45. The van der Waals surface area contributed by atoms with E-state index in [-0.39, 0.29) is 0 Å². The van der Waals surface area contributed by atoms with Gasteiger partial charge in [0.1, 0.15) is 0 Å². The van der Waals surface area contributed by atoms with E-state index in [1.165, 1.54) is 10.8 Å². The smallest absolute Gasteiger partial charge is 0.0464 e. The van der Waals surface area contributed by atoms with Crippen LogP contribution in [0.5, 0.6) is 0 Å². The van der Waals surface area contributed by atoms with E-state index in [2.05, 4.69) is 58.5 Å². The number of nitrogens with one attached hydrogen (secondary N) is 1. The number of fused-ring (bicyclic) bond motifs is 1. The van der Waals surface area contributed by atoms with Gasteiger partial charge in [-0.25, -0.2) is 0 Å². The van der Waals surface area contributed by atoms with Crippen molar-refractivity contribution in [2.45, 2.75) is 6.92 Å². The van der Waals surface area contributed by atoms with Crippen LogP contribution in [0.15, 0.2) is 59.1 Å². The highest BCUT2D eigenvalue weighted by atomic mass is 79.9. The number of aryl methyl sites for hydroxylation is 1. The zero-order valence-electron chi connectivity index (χ0n) is 11.2. The quantitative estimate of drug-likeness (QED) is 0.632. The Balaban J connectivity index is 2.09. The van der Waals surface area contributed by atoms with Crippen LogP contribution in [-0.4, -0.2) is 0 Å². The van der Waals surface area contributed by atoms with Crippen LogP contribution in [0.4, 0.5) is 17.1 Å². The molecule has 0 aromatic heterocycles. The molecule has 0 aliphatic heterocycles. The van der Waals surface area contributed by atoms with Crippen molar-refractivity contribution in [3.8, 4) is 0 Å². The molecule has 2 nitrogen and oxygen atoms in total. The fourth-order valence-electron chi connectivity index (χ4n) is 2.34. The monoisotopic (exact) mass is 326 g/mol. The number of halogens is 1. The molecule has 0 radical (unpaired) electrons. The molecule has 0 fully saturated rings. The number of anilines is 3. The zero-order valence-corrected chi connectivity index (χ0v) is 12.7. The van der Waals surface area contributed by atoms with Gasteiger partial charge in [0.2, 0.25) is 0 Å². The molecule has 20 heavy (non-hydrogen) atoms. The van der Waals surface area contributed by atoms with Crippen LogP contribution in [0, 0.1) is 6.92 Å². The molecule has 0 aliphatic carbocycles. The normalized spacial score (nSPS) is 10.7. The highest BCUT2D eigenvalue weighted by Gasteiger charge is 2.05. The molecule has 3 aromatic carbocycles. The fourth-order valence-corrected chi connectivity index (χ4v) is 2.82. The van der Waals surface area contributed by atoms with Crippen molar-refractivity contribution in [1.29, 1.82) is 0 Å². The van der Waals surface area contributed by atoms with Crippen LogP contribution in [0.25, 0.3) is 10.8 Å². The van der Waals surface area contributed by atoms with Gasteiger partial charge in [-0.3, -0.25) is 0 Å². The molecule has 0 aliphatic rings. The van der Waals surface area contributed by atoms with Crippen molar-refractivity contribution in [1.82, 2.24) is 0 Å². The van der Waals surface area contributed by atoms with E-state index in [1.807, 2.05) is 24.3 Å². The average Bonchev–Trinajstić information content (AvgIpc) is 2.45. The first-order valence-corrected chi connectivity index (χ1v) is 7.25. The first-order chi connectivity index (χ1) is 9.65. The van der Waals surface area contributed by atoms with Crippen molar-refractivity contribution < 1.29 is 0 Å². The minimum atomic E-state index is 0.786. The lowest BCUT2D eigenvalue weighted by Crippen LogP contribution is -1.95. The molecule has 0 unspecified atom stereocenters. The summed E-state index contributed by atoms with van der Waals surface area (Å²) in [4.78, 5) is 0. The Kier molecular flexibility index (Phi) is 3.36. The van der Waals surface area contributed by atoms with Crippen molar-refractivity contribution in [3.05, 3.63) is 64.6 Å². The zero-order chi connectivity index (χ0) is 14.1. The van der Waals surface area contributed by atoms with Crippen LogP contribution in [0.2, 0.25) is 0 Å². The van der Waals surface area contributed by atoms with E-state index in [4.69, 9.17) is 5.73 Å². The summed E-state index contributed by atoms with van der Waals surface area (Å²) in [7, 11) is 0. The maximum absolute atomic E-state index is 5.80. The number of nitrogens with two attached hydrogens (primary N) is 1. The van der Waals surface area contributed by atoms with Gasteiger partial charge < -0.3 is 11.1 Å². The van der Waals surface area contributed by atoms with Gasteiger partial charge in [-0.2, -0.15) is 0 Å². The molecule has 3 aromatic rings. The van der Waals surface area contributed by atoms with E-state index in [1.54, 1.807) is 0 Å². The third-order valence-electron chi connectivity index (χ3n) is 3.39. The highest BCUT2D eigenvalue weighted by molar-refractivity contribution is 9.10. The Morgan fingerprint density at radius 3 is 2.35 bits per heavy atom. The molecular weight excluding hydrogens is 312 g/mol. The largest absolute Gasteiger partial charge is 0.399 e. The van der Waals surface area contributed by atoms with Crippen LogP contribution in [0.1, 0.15) is 5.56 Å². The SMILES string of the molecule is Cc1cc(N)ccc1Nc1ccc(Br)c2ccccc12. The van der Waals surface area contributed by atoms with Crippen LogP contribution >= 0.6 is 15.9 Å². The van der Waals surface area contributed by atoms with E-state index in [0.29, 0.717) is 0 Å². The van der Waals surface area contributed by atoms with Gasteiger partial charge in [0, 0.05) is 26.9 Å². The Bertz CT molecular complexity index is 781. The second-order valence-corrected chi connectivity index (χ2v) is 5.69. The van der Waals surface area contributed by atoms with E-state index in [0.717, 1.165) is 27.1 Å². The molecule has 0 amide bonds. The molecule has 0 spiro atoms. The Labute approximate surface area is 126 Å². The third kappa shape index (κ3) is 2.37. The topological polar surface area (TPSA) is 38.0 Å². The molecule has 100 valence electrons. The third-order valence-corrected chi connectivity index (χ3v) is 4.08. The molecule has 0 heterocycles. The molecular formula is C17H15BrN2. The summed E-state index contributed by atoms with van der Waals surface area (Å²) in [5.74, 6) is 0. The number of benzene rings is 3. The minimum absolute atomic E-state index is 0.786. The van der Waals surface area contributed by atoms with Gasteiger partial charge in [-0.05, 0) is 48.2 Å². The lowest BCUT2D eigenvalue weighted by Gasteiger charge is -2.13. The van der Waals surface area contributed by atoms with Crippen molar-refractivity contribution in [2.75, 3.05) is 11.1 Å². The van der Waals surface area contributed by atoms with Gasteiger partial charge in [-0.1, -0.05) is 40.2 Å². The van der Waals surface area contributed by atoms with Crippen LogP contribution in [-0.2, 0) is 0 Å². The van der Waals surface area contributed by atoms with Gasteiger partial charge >= 0.3 is 0 Å². The number of hydrogen-bond donors (Lipinski definition) is 2. The summed E-state index contributed by atoms with van der Waals surface area (Å²) < 4.78 is 1.10. The lowest BCUT2D eigenvalue weighted by atomic mass is 10.1. The van der Waals surface area contributed by atoms with Crippen LogP contribution < -0.4 is 11.1 Å². The second-order valence-electron chi connectivity index (χ2n) is 4.84. The van der Waals surface area contributed by atoms with Crippen molar-refractivity contribution >= 4 is 43.8 Å². The molecule has 3 rings (SSSR count). The molecule has 3 N–H and O–H groups in total. The summed E-state index contributed by atoms with van der Waals surface area (Å²) in [6.45, 7) is 2.06. The average molecular weight is 327 g/mol. The maximum atomic E-state index is 5.80. The van der Waals surface area contributed by atoms with E-state index >= 15 is 0 Å². The number of rotatable bonds is 2. The maximum Gasteiger partial charge on any atom is 0.0464 e. The molecule has 3 heteroatoms. The lowest BCUT2D eigenvalue weighted by molar-refractivity contribution is 1.44. The standard InChI is InChI=1S/C17H15BrN2/c1-11-10-12(19)6-8-16(11)20-17-9-7-15(18)13-4-2-3-5-14(13)17/h2-10,20H,19H2,1H3. The van der Waals surface area contributed by atoms with Crippen molar-refractivity contribution in [2.24, 2.45) is 0 Å². The summed E-state index contributed by atoms with van der Waals surface area (Å²) in [6, 6.07) is 18.4. The summed E-state index contributed by atoms with van der Waals surface area (Å²) in [5.41, 5.74) is 9.89. The van der Waals surface area contributed by atoms with Crippen molar-refractivity contribution in [3.63, 3.8) is 0 Å². The summed E-state index contributed by atoms with van der Waals surface area (Å²) in [6.07, 6.45) is 0.